The third-order valence-electron chi connectivity index (χ3n) is 1.79. The van der Waals surface area contributed by atoms with Crippen molar-refractivity contribution < 1.29 is 0 Å². The van der Waals surface area contributed by atoms with Crippen LogP contribution in [0.15, 0.2) is 12.4 Å². The predicted molar refractivity (Wildman–Crippen MR) is 48.1 cm³/mol. The van der Waals surface area contributed by atoms with Crippen LogP contribution < -0.4 is 4.90 Å². The van der Waals surface area contributed by atoms with Gasteiger partial charge in [0.25, 0.3) is 0 Å². The van der Waals surface area contributed by atoms with E-state index in [-0.39, 0.29) is 0 Å². The Labute approximate surface area is 70.2 Å². The van der Waals surface area contributed by atoms with Crippen LogP contribution in [0.2, 0.25) is 0 Å². The fraction of sp³-hybridized carbons (Fsp3) is 0.571. The molecule has 0 aromatic carbocycles. The molecule has 2 heterocycles. The molecule has 3 nitrogen and oxygen atoms in total. The van der Waals surface area contributed by atoms with Gasteiger partial charge >= 0.3 is 0 Å². The molecule has 0 unspecified atom stereocenters. The van der Waals surface area contributed by atoms with Crippen LogP contribution in [0.1, 0.15) is 0 Å². The number of rotatable bonds is 1. The summed E-state index contributed by atoms with van der Waals surface area (Å²) in [4.78, 5) is 9.60. The number of H-pyrrole nitrogens is 1. The van der Waals surface area contributed by atoms with Crippen molar-refractivity contribution in [3.8, 4) is 0 Å². The minimum absolute atomic E-state index is 1.02. The maximum absolute atomic E-state index is 4.20. The van der Waals surface area contributed by atoms with E-state index in [0.717, 1.165) is 19.0 Å². The molecule has 0 spiro atoms. The molecule has 0 amide bonds. The second-order valence-electron chi connectivity index (χ2n) is 2.51. The van der Waals surface area contributed by atoms with Gasteiger partial charge in [-0.25, -0.2) is 4.98 Å². The molecule has 1 aromatic heterocycles. The average Bonchev–Trinajstić information content (AvgIpc) is 2.58. The lowest BCUT2D eigenvalue weighted by Gasteiger charge is -2.25. The lowest BCUT2D eigenvalue weighted by molar-refractivity contribution is 0.826. The van der Waals surface area contributed by atoms with E-state index < -0.39 is 0 Å². The Hall–Kier alpha value is -0.640. The number of aromatic amines is 1. The van der Waals surface area contributed by atoms with Gasteiger partial charge in [0, 0.05) is 37.0 Å². The first-order valence-electron chi connectivity index (χ1n) is 3.79. The lowest BCUT2D eigenvalue weighted by Crippen LogP contribution is -2.33. The Balaban J connectivity index is 2.04. The second kappa shape index (κ2) is 3.17. The van der Waals surface area contributed by atoms with Crippen LogP contribution in [0.3, 0.4) is 0 Å². The van der Waals surface area contributed by atoms with E-state index in [2.05, 4.69) is 14.9 Å². The highest BCUT2D eigenvalue weighted by Gasteiger charge is 2.11. The largest absolute Gasteiger partial charge is 0.341 e. The summed E-state index contributed by atoms with van der Waals surface area (Å²) in [5, 5.41) is 0. The van der Waals surface area contributed by atoms with Gasteiger partial charge in [0.05, 0.1) is 0 Å². The highest BCUT2D eigenvalue weighted by molar-refractivity contribution is 7.99. The molecule has 1 aromatic rings. The van der Waals surface area contributed by atoms with Gasteiger partial charge in [0.1, 0.15) is 0 Å². The van der Waals surface area contributed by atoms with Gasteiger partial charge in [-0.2, -0.15) is 11.8 Å². The number of nitrogens with zero attached hydrogens (tertiary/aromatic N) is 2. The number of anilines is 1. The zero-order chi connectivity index (χ0) is 7.52. The molecule has 11 heavy (non-hydrogen) atoms. The van der Waals surface area contributed by atoms with Gasteiger partial charge in [-0.05, 0) is 0 Å². The molecule has 60 valence electrons. The Bertz CT molecular complexity index is 203. The molecule has 4 heteroatoms. The topological polar surface area (TPSA) is 31.9 Å². The molecule has 0 atom stereocenters. The minimum atomic E-state index is 1.02. The summed E-state index contributed by atoms with van der Waals surface area (Å²) in [5.41, 5.74) is 0. The van der Waals surface area contributed by atoms with E-state index >= 15 is 0 Å². The summed E-state index contributed by atoms with van der Waals surface area (Å²) >= 11 is 2.01. The van der Waals surface area contributed by atoms with Crippen molar-refractivity contribution in [3.05, 3.63) is 12.4 Å². The molecule has 1 saturated heterocycles. The van der Waals surface area contributed by atoms with Gasteiger partial charge in [-0.15, -0.1) is 0 Å². The third-order valence-corrected chi connectivity index (χ3v) is 2.74. The molecule has 0 bridgehead atoms. The van der Waals surface area contributed by atoms with Gasteiger partial charge in [0.2, 0.25) is 5.95 Å². The first-order valence-corrected chi connectivity index (χ1v) is 4.94. The number of nitrogens with one attached hydrogen (secondary N) is 1. The standard InChI is InChI=1S/C7H11N3S/c1-2-9-7(8-1)10-3-5-11-6-4-10/h1-2H,3-6H2,(H,8,9). The van der Waals surface area contributed by atoms with Crippen LogP contribution >= 0.6 is 11.8 Å². The minimum Gasteiger partial charge on any atom is -0.341 e. The Kier molecular flexibility index (Phi) is 2.03. The van der Waals surface area contributed by atoms with E-state index in [0.29, 0.717) is 0 Å². The monoisotopic (exact) mass is 169 g/mol. The maximum Gasteiger partial charge on any atom is 0.202 e. The smallest absolute Gasteiger partial charge is 0.202 e. The van der Waals surface area contributed by atoms with E-state index in [9.17, 15) is 0 Å². The first kappa shape index (κ1) is 7.03. The first-order chi connectivity index (χ1) is 5.47. The summed E-state index contributed by atoms with van der Waals surface area (Å²) in [6, 6.07) is 0. The molecular formula is C7H11N3S. The van der Waals surface area contributed by atoms with Gasteiger partial charge in [-0.3, -0.25) is 0 Å². The van der Waals surface area contributed by atoms with Crippen molar-refractivity contribution in [2.45, 2.75) is 0 Å². The molecule has 1 aliphatic heterocycles. The lowest BCUT2D eigenvalue weighted by atomic mass is 10.5. The molecule has 1 aliphatic rings. The van der Waals surface area contributed by atoms with Crippen molar-refractivity contribution in [1.82, 2.24) is 9.97 Å². The molecule has 2 rings (SSSR count). The van der Waals surface area contributed by atoms with Crippen LogP contribution in [0.25, 0.3) is 0 Å². The zero-order valence-corrected chi connectivity index (χ0v) is 7.10. The van der Waals surface area contributed by atoms with E-state index in [1.807, 2.05) is 18.0 Å². The average molecular weight is 169 g/mol. The number of hydrogen-bond acceptors (Lipinski definition) is 3. The SMILES string of the molecule is c1c[nH]c(N2CCSCC2)n1. The van der Waals surface area contributed by atoms with Crippen LogP contribution in [0.5, 0.6) is 0 Å². The molecule has 1 N–H and O–H groups in total. The highest BCUT2D eigenvalue weighted by atomic mass is 32.2. The Morgan fingerprint density at radius 1 is 1.45 bits per heavy atom. The molecule has 0 saturated carbocycles. The van der Waals surface area contributed by atoms with Crippen LogP contribution in [-0.2, 0) is 0 Å². The van der Waals surface area contributed by atoms with E-state index in [1.165, 1.54) is 11.5 Å². The normalized spacial score (nSPS) is 18.7. The van der Waals surface area contributed by atoms with Crippen molar-refractivity contribution >= 4 is 17.7 Å². The van der Waals surface area contributed by atoms with Crippen LogP contribution in [-0.4, -0.2) is 34.6 Å². The number of hydrogen-bond donors (Lipinski definition) is 1. The highest BCUT2D eigenvalue weighted by Crippen LogP contribution is 2.13. The summed E-state index contributed by atoms with van der Waals surface area (Å²) in [5.74, 6) is 3.46. The molecular weight excluding hydrogens is 158 g/mol. The van der Waals surface area contributed by atoms with Crippen molar-refractivity contribution in [2.24, 2.45) is 0 Å². The predicted octanol–water partition coefficient (Wildman–Crippen LogP) is 0.963. The second-order valence-corrected chi connectivity index (χ2v) is 3.74. The van der Waals surface area contributed by atoms with Gasteiger partial charge in [-0.1, -0.05) is 0 Å². The summed E-state index contributed by atoms with van der Waals surface area (Å²) < 4.78 is 0. The summed E-state index contributed by atoms with van der Waals surface area (Å²) in [7, 11) is 0. The number of aromatic nitrogens is 2. The Morgan fingerprint density at radius 2 is 2.27 bits per heavy atom. The molecule has 0 aliphatic carbocycles. The van der Waals surface area contributed by atoms with Crippen LogP contribution in [0.4, 0.5) is 5.95 Å². The maximum atomic E-state index is 4.20. The number of thioether (sulfide) groups is 1. The summed E-state index contributed by atoms with van der Waals surface area (Å²) in [6.45, 7) is 2.25. The fourth-order valence-electron chi connectivity index (χ4n) is 1.21. The van der Waals surface area contributed by atoms with Crippen LogP contribution in [0, 0.1) is 0 Å². The van der Waals surface area contributed by atoms with Gasteiger partial charge < -0.3 is 9.88 Å². The third kappa shape index (κ3) is 1.50. The summed E-state index contributed by atoms with van der Waals surface area (Å²) in [6.07, 6.45) is 3.67. The van der Waals surface area contributed by atoms with E-state index in [4.69, 9.17) is 0 Å². The van der Waals surface area contributed by atoms with Gasteiger partial charge in [0.15, 0.2) is 0 Å². The van der Waals surface area contributed by atoms with E-state index in [1.54, 1.807) is 6.20 Å². The van der Waals surface area contributed by atoms with Crippen molar-refractivity contribution in [1.29, 1.82) is 0 Å². The van der Waals surface area contributed by atoms with Crippen molar-refractivity contribution in [3.63, 3.8) is 0 Å². The van der Waals surface area contributed by atoms with Crippen molar-refractivity contribution in [2.75, 3.05) is 29.5 Å². The fourth-order valence-corrected chi connectivity index (χ4v) is 2.11. The quantitative estimate of drug-likeness (QED) is 0.679. The molecule has 1 fully saturated rings. The zero-order valence-electron chi connectivity index (χ0n) is 6.29. The molecule has 0 radical (unpaired) electrons. The Morgan fingerprint density at radius 3 is 2.91 bits per heavy atom. The number of imidazole rings is 1.